The summed E-state index contributed by atoms with van der Waals surface area (Å²) in [5, 5.41) is 0.651. The maximum Gasteiger partial charge on any atom is 0.258 e. The molecule has 0 radical (unpaired) electrons. The molecule has 1 fully saturated rings. The number of para-hydroxylation sites is 1. The number of fused-ring (bicyclic) bond motifs is 1. The lowest BCUT2D eigenvalue weighted by Crippen LogP contribution is -2.27. The number of aromatic amines is 1. The molecule has 1 N–H and O–H groups in total. The molecular formula is C22H25N3O. The van der Waals surface area contributed by atoms with Crippen LogP contribution in [0.15, 0.2) is 53.3 Å². The molecule has 0 unspecified atom stereocenters. The van der Waals surface area contributed by atoms with Gasteiger partial charge in [-0.05, 0) is 42.0 Å². The summed E-state index contributed by atoms with van der Waals surface area (Å²) in [6, 6.07) is 17.0. The van der Waals surface area contributed by atoms with Crippen molar-refractivity contribution in [1.82, 2.24) is 14.9 Å². The van der Waals surface area contributed by atoms with E-state index >= 15 is 0 Å². The number of nitrogens with zero attached hydrogens (tertiary/aromatic N) is 2. The third kappa shape index (κ3) is 3.70. The van der Waals surface area contributed by atoms with Crippen LogP contribution in [-0.4, -0.2) is 20.9 Å². The van der Waals surface area contributed by atoms with Crippen LogP contribution in [0.25, 0.3) is 10.9 Å². The molecule has 2 aromatic carbocycles. The number of nitrogens with one attached hydrogen (secondary N) is 1. The van der Waals surface area contributed by atoms with Crippen LogP contribution in [0.2, 0.25) is 0 Å². The Labute approximate surface area is 153 Å². The highest BCUT2D eigenvalue weighted by Gasteiger charge is 2.29. The topological polar surface area (TPSA) is 49.0 Å². The molecule has 134 valence electrons. The lowest BCUT2D eigenvalue weighted by atomic mass is 10.0. The fraction of sp³-hybridized carbons (Fsp3) is 0.364. The van der Waals surface area contributed by atoms with E-state index in [0.717, 1.165) is 17.9 Å². The average molecular weight is 347 g/mol. The average Bonchev–Trinajstić information content (AvgIpc) is 3.47. The predicted octanol–water partition coefficient (Wildman–Crippen LogP) is 4.21. The van der Waals surface area contributed by atoms with Crippen molar-refractivity contribution < 1.29 is 0 Å². The van der Waals surface area contributed by atoms with Gasteiger partial charge in [0.05, 0.1) is 17.4 Å². The fourth-order valence-corrected chi connectivity index (χ4v) is 3.40. The predicted molar refractivity (Wildman–Crippen MR) is 105 cm³/mol. The van der Waals surface area contributed by atoms with Crippen LogP contribution in [0, 0.1) is 0 Å². The van der Waals surface area contributed by atoms with Crippen LogP contribution >= 0.6 is 0 Å². The molecule has 4 heteroatoms. The van der Waals surface area contributed by atoms with Gasteiger partial charge in [-0.3, -0.25) is 9.69 Å². The number of aromatic nitrogens is 2. The van der Waals surface area contributed by atoms with Crippen LogP contribution in [0.5, 0.6) is 0 Å². The van der Waals surface area contributed by atoms with Crippen molar-refractivity contribution in [3.8, 4) is 0 Å². The Hall–Kier alpha value is -2.46. The van der Waals surface area contributed by atoms with E-state index in [0.29, 0.717) is 23.9 Å². The van der Waals surface area contributed by atoms with Crippen molar-refractivity contribution in [2.75, 3.05) is 0 Å². The first kappa shape index (κ1) is 17.0. The minimum atomic E-state index is -0.0531. The van der Waals surface area contributed by atoms with Gasteiger partial charge in [0.25, 0.3) is 5.56 Å². The molecule has 26 heavy (non-hydrogen) atoms. The molecular weight excluding hydrogens is 322 g/mol. The summed E-state index contributed by atoms with van der Waals surface area (Å²) in [7, 11) is 0. The van der Waals surface area contributed by atoms with Gasteiger partial charge in [0.2, 0.25) is 0 Å². The lowest BCUT2D eigenvalue weighted by molar-refractivity contribution is 0.239. The molecule has 0 spiro atoms. The van der Waals surface area contributed by atoms with E-state index in [9.17, 15) is 4.79 Å². The SMILES string of the molecule is CC(C)c1ccc(CN(Cc2nc3ccccc3c(=O)[nH]2)C2CC2)cc1. The summed E-state index contributed by atoms with van der Waals surface area (Å²) in [5.74, 6) is 1.30. The Morgan fingerprint density at radius 2 is 1.81 bits per heavy atom. The Kier molecular flexibility index (Phi) is 4.60. The minimum Gasteiger partial charge on any atom is -0.309 e. The van der Waals surface area contributed by atoms with E-state index in [1.54, 1.807) is 0 Å². The van der Waals surface area contributed by atoms with Gasteiger partial charge in [-0.15, -0.1) is 0 Å². The second-order valence-electron chi connectivity index (χ2n) is 7.56. The van der Waals surface area contributed by atoms with Crippen LogP contribution in [-0.2, 0) is 13.1 Å². The van der Waals surface area contributed by atoms with Crippen LogP contribution in [0.1, 0.15) is 49.6 Å². The van der Waals surface area contributed by atoms with Gasteiger partial charge in [0, 0.05) is 12.6 Å². The molecule has 1 aliphatic rings. The van der Waals surface area contributed by atoms with Crippen molar-refractivity contribution in [3.05, 3.63) is 75.8 Å². The number of rotatable bonds is 6. The maximum absolute atomic E-state index is 12.3. The zero-order valence-corrected chi connectivity index (χ0v) is 15.4. The highest BCUT2D eigenvalue weighted by atomic mass is 16.1. The van der Waals surface area contributed by atoms with E-state index in [1.807, 2.05) is 24.3 Å². The normalized spacial score (nSPS) is 14.5. The van der Waals surface area contributed by atoms with Gasteiger partial charge in [-0.1, -0.05) is 50.2 Å². The van der Waals surface area contributed by atoms with Crippen LogP contribution in [0.3, 0.4) is 0 Å². The zero-order chi connectivity index (χ0) is 18.1. The van der Waals surface area contributed by atoms with Crippen molar-refractivity contribution in [2.24, 2.45) is 0 Å². The Morgan fingerprint density at radius 3 is 2.50 bits per heavy atom. The molecule has 1 saturated carbocycles. The zero-order valence-electron chi connectivity index (χ0n) is 15.4. The Morgan fingerprint density at radius 1 is 1.08 bits per heavy atom. The third-order valence-electron chi connectivity index (χ3n) is 5.11. The summed E-state index contributed by atoms with van der Waals surface area (Å²) in [5.41, 5.74) is 3.39. The van der Waals surface area contributed by atoms with E-state index in [4.69, 9.17) is 0 Å². The largest absolute Gasteiger partial charge is 0.309 e. The van der Waals surface area contributed by atoms with Crippen LogP contribution < -0.4 is 5.56 Å². The molecule has 0 bridgehead atoms. The van der Waals surface area contributed by atoms with Gasteiger partial charge in [-0.25, -0.2) is 4.98 Å². The summed E-state index contributed by atoms with van der Waals surface area (Å²) in [6.45, 7) is 6.00. The molecule has 0 atom stereocenters. The van der Waals surface area contributed by atoms with E-state index in [2.05, 4.69) is 53.0 Å². The molecule has 0 amide bonds. The van der Waals surface area contributed by atoms with E-state index < -0.39 is 0 Å². The molecule has 1 aromatic heterocycles. The first-order valence-electron chi connectivity index (χ1n) is 9.41. The second kappa shape index (κ2) is 7.04. The Balaban J connectivity index is 1.55. The molecule has 0 aliphatic heterocycles. The highest BCUT2D eigenvalue weighted by Crippen LogP contribution is 2.29. The number of H-pyrrole nitrogens is 1. The van der Waals surface area contributed by atoms with Gasteiger partial charge in [0.15, 0.2) is 0 Å². The number of benzene rings is 2. The van der Waals surface area contributed by atoms with Crippen molar-refractivity contribution in [2.45, 2.75) is 51.7 Å². The monoisotopic (exact) mass is 347 g/mol. The molecule has 0 saturated heterocycles. The quantitative estimate of drug-likeness (QED) is 0.726. The minimum absolute atomic E-state index is 0.0531. The van der Waals surface area contributed by atoms with Crippen molar-refractivity contribution in [3.63, 3.8) is 0 Å². The van der Waals surface area contributed by atoms with Gasteiger partial charge >= 0.3 is 0 Å². The standard InChI is InChI=1S/C22H25N3O/c1-15(2)17-9-7-16(8-10-17)13-25(18-11-12-18)14-21-23-20-6-4-3-5-19(20)22(26)24-21/h3-10,15,18H,11-14H2,1-2H3,(H,23,24,26). The molecule has 4 nitrogen and oxygen atoms in total. The van der Waals surface area contributed by atoms with E-state index in [-0.39, 0.29) is 5.56 Å². The van der Waals surface area contributed by atoms with Crippen LogP contribution in [0.4, 0.5) is 0 Å². The number of hydrogen-bond acceptors (Lipinski definition) is 3. The fourth-order valence-electron chi connectivity index (χ4n) is 3.40. The summed E-state index contributed by atoms with van der Waals surface area (Å²) in [4.78, 5) is 22.4. The van der Waals surface area contributed by atoms with Crippen molar-refractivity contribution >= 4 is 10.9 Å². The van der Waals surface area contributed by atoms with Crippen molar-refractivity contribution in [1.29, 1.82) is 0 Å². The third-order valence-corrected chi connectivity index (χ3v) is 5.11. The smallest absolute Gasteiger partial charge is 0.258 e. The summed E-state index contributed by atoms with van der Waals surface area (Å²) in [6.07, 6.45) is 2.45. The number of hydrogen-bond donors (Lipinski definition) is 1. The molecule has 3 aromatic rings. The lowest BCUT2D eigenvalue weighted by Gasteiger charge is -2.22. The molecule has 1 heterocycles. The van der Waals surface area contributed by atoms with Gasteiger partial charge < -0.3 is 4.98 Å². The molecule has 1 aliphatic carbocycles. The highest BCUT2D eigenvalue weighted by molar-refractivity contribution is 5.77. The van der Waals surface area contributed by atoms with Gasteiger partial charge in [0.1, 0.15) is 5.82 Å². The maximum atomic E-state index is 12.3. The first-order chi connectivity index (χ1) is 12.6. The summed E-state index contributed by atoms with van der Waals surface area (Å²) < 4.78 is 0. The second-order valence-corrected chi connectivity index (χ2v) is 7.56. The molecule has 4 rings (SSSR count). The van der Waals surface area contributed by atoms with E-state index in [1.165, 1.54) is 24.0 Å². The van der Waals surface area contributed by atoms with Gasteiger partial charge in [-0.2, -0.15) is 0 Å². The first-order valence-corrected chi connectivity index (χ1v) is 9.41. The summed E-state index contributed by atoms with van der Waals surface area (Å²) >= 11 is 0. The Bertz CT molecular complexity index is 955.